The molecule has 0 aliphatic carbocycles. The Morgan fingerprint density at radius 3 is 2.28 bits per heavy atom. The van der Waals surface area contributed by atoms with Crippen LogP contribution in [0.25, 0.3) is 0 Å². The van der Waals surface area contributed by atoms with Crippen LogP contribution in [0.15, 0.2) is 0 Å². The minimum atomic E-state index is -0.986. The Hall–Kier alpha value is -1.79. The number of carbonyl (C=O) groups is 3. The minimum absolute atomic E-state index is 0.155. The monoisotopic (exact) mass is 260 g/mol. The predicted octanol–water partition coefficient (Wildman–Crippen LogP) is 0.491. The SMILES string of the molecule is CCOC(=O)C(C)NC(=O)NC(CC)CC(=O)O. The Bertz CT molecular complexity index is 306. The van der Waals surface area contributed by atoms with Crippen LogP contribution in [0, 0.1) is 0 Å². The minimum Gasteiger partial charge on any atom is -0.481 e. The Morgan fingerprint density at radius 2 is 1.83 bits per heavy atom. The number of ether oxygens (including phenoxy) is 1. The smallest absolute Gasteiger partial charge is 0.328 e. The second-order valence-corrected chi connectivity index (χ2v) is 3.79. The van der Waals surface area contributed by atoms with Gasteiger partial charge in [0.2, 0.25) is 0 Å². The van der Waals surface area contributed by atoms with Crippen LogP contribution >= 0.6 is 0 Å². The largest absolute Gasteiger partial charge is 0.481 e. The molecule has 3 N–H and O–H groups in total. The van der Waals surface area contributed by atoms with Crippen molar-refractivity contribution in [3.63, 3.8) is 0 Å². The molecule has 0 saturated carbocycles. The summed E-state index contributed by atoms with van der Waals surface area (Å²) in [6.45, 7) is 5.17. The van der Waals surface area contributed by atoms with E-state index in [-0.39, 0.29) is 13.0 Å². The molecule has 7 heteroatoms. The van der Waals surface area contributed by atoms with Crippen molar-refractivity contribution in [2.24, 2.45) is 0 Å². The number of hydrogen-bond acceptors (Lipinski definition) is 4. The van der Waals surface area contributed by atoms with Crippen LogP contribution in [-0.4, -0.2) is 41.8 Å². The lowest BCUT2D eigenvalue weighted by Gasteiger charge is -2.18. The van der Waals surface area contributed by atoms with E-state index in [4.69, 9.17) is 9.84 Å². The fourth-order valence-electron chi connectivity index (χ4n) is 1.26. The van der Waals surface area contributed by atoms with E-state index >= 15 is 0 Å². The highest BCUT2D eigenvalue weighted by atomic mass is 16.5. The topological polar surface area (TPSA) is 105 Å². The summed E-state index contributed by atoms with van der Waals surface area (Å²) >= 11 is 0. The third kappa shape index (κ3) is 6.72. The zero-order valence-electron chi connectivity index (χ0n) is 10.9. The molecule has 0 aliphatic heterocycles. The van der Waals surface area contributed by atoms with Gasteiger partial charge in [-0.2, -0.15) is 0 Å². The highest BCUT2D eigenvalue weighted by molar-refractivity contribution is 5.83. The standard InChI is InChI=1S/C11H20N2O5/c1-4-8(6-9(14)15)13-11(17)12-7(3)10(16)18-5-2/h7-8H,4-6H2,1-3H3,(H,14,15)(H2,12,13,17). The Balaban J connectivity index is 4.15. The second-order valence-electron chi connectivity index (χ2n) is 3.79. The Morgan fingerprint density at radius 1 is 1.22 bits per heavy atom. The number of amides is 2. The van der Waals surface area contributed by atoms with Crippen molar-refractivity contribution >= 4 is 18.0 Å². The molecule has 0 aliphatic rings. The average molecular weight is 260 g/mol. The normalized spacial score (nSPS) is 13.3. The van der Waals surface area contributed by atoms with Crippen LogP contribution < -0.4 is 10.6 Å². The first-order chi connectivity index (χ1) is 8.40. The number of carboxylic acids is 1. The van der Waals surface area contributed by atoms with E-state index in [1.807, 2.05) is 0 Å². The summed E-state index contributed by atoms with van der Waals surface area (Å²) in [5, 5.41) is 13.5. The number of esters is 1. The molecule has 0 saturated heterocycles. The molecule has 7 nitrogen and oxygen atoms in total. The fraction of sp³-hybridized carbons (Fsp3) is 0.727. The maximum atomic E-state index is 11.5. The van der Waals surface area contributed by atoms with Gasteiger partial charge in [-0.15, -0.1) is 0 Å². The molecule has 104 valence electrons. The summed E-state index contributed by atoms with van der Waals surface area (Å²) in [6, 6.07) is -1.81. The van der Waals surface area contributed by atoms with Gasteiger partial charge in [0.05, 0.1) is 13.0 Å². The molecule has 0 aromatic rings. The van der Waals surface area contributed by atoms with Crippen molar-refractivity contribution in [2.45, 2.75) is 45.7 Å². The van der Waals surface area contributed by atoms with Crippen molar-refractivity contribution in [3.8, 4) is 0 Å². The molecule has 2 amide bonds. The highest BCUT2D eigenvalue weighted by Crippen LogP contribution is 1.97. The average Bonchev–Trinajstić information content (AvgIpc) is 2.27. The van der Waals surface area contributed by atoms with Gasteiger partial charge in [-0.3, -0.25) is 4.79 Å². The summed E-state index contributed by atoms with van der Waals surface area (Å²) in [5.41, 5.74) is 0. The Labute approximate surface area is 106 Å². The summed E-state index contributed by atoms with van der Waals surface area (Å²) in [6.07, 6.45) is 0.339. The van der Waals surface area contributed by atoms with E-state index in [0.717, 1.165) is 0 Å². The lowest BCUT2D eigenvalue weighted by atomic mass is 10.1. The molecular weight excluding hydrogens is 240 g/mol. The number of urea groups is 1. The van der Waals surface area contributed by atoms with Crippen LogP contribution in [0.5, 0.6) is 0 Å². The maximum Gasteiger partial charge on any atom is 0.328 e. The van der Waals surface area contributed by atoms with Gasteiger partial charge in [0.25, 0.3) is 0 Å². The molecular formula is C11H20N2O5. The lowest BCUT2D eigenvalue weighted by Crippen LogP contribution is -2.48. The first kappa shape index (κ1) is 16.2. The summed E-state index contributed by atoms with van der Waals surface area (Å²) < 4.78 is 4.72. The quantitative estimate of drug-likeness (QED) is 0.578. The van der Waals surface area contributed by atoms with Gasteiger partial charge in [-0.1, -0.05) is 6.92 Å². The summed E-state index contributed by atoms with van der Waals surface area (Å²) in [5.74, 6) is -1.51. The first-order valence-electron chi connectivity index (χ1n) is 5.86. The number of hydrogen-bond donors (Lipinski definition) is 3. The molecule has 0 spiro atoms. The molecule has 0 fully saturated rings. The zero-order valence-corrected chi connectivity index (χ0v) is 10.9. The van der Waals surface area contributed by atoms with Crippen LogP contribution in [0.4, 0.5) is 4.79 Å². The molecule has 2 unspecified atom stereocenters. The number of carbonyl (C=O) groups excluding carboxylic acids is 2. The van der Waals surface area contributed by atoms with Crippen molar-refractivity contribution in [1.82, 2.24) is 10.6 Å². The molecule has 0 radical (unpaired) electrons. The lowest BCUT2D eigenvalue weighted by molar-refractivity contribution is -0.145. The van der Waals surface area contributed by atoms with Gasteiger partial charge in [-0.25, -0.2) is 9.59 Å². The van der Waals surface area contributed by atoms with E-state index in [9.17, 15) is 14.4 Å². The fourth-order valence-corrected chi connectivity index (χ4v) is 1.26. The van der Waals surface area contributed by atoms with E-state index < -0.39 is 30.1 Å². The van der Waals surface area contributed by atoms with Crippen molar-refractivity contribution < 1.29 is 24.2 Å². The second kappa shape index (κ2) is 8.32. The van der Waals surface area contributed by atoms with Crippen LogP contribution in [0.2, 0.25) is 0 Å². The van der Waals surface area contributed by atoms with E-state index in [1.165, 1.54) is 6.92 Å². The number of nitrogens with one attached hydrogen (secondary N) is 2. The molecule has 2 atom stereocenters. The van der Waals surface area contributed by atoms with Gasteiger partial charge in [0, 0.05) is 6.04 Å². The van der Waals surface area contributed by atoms with E-state index in [1.54, 1.807) is 13.8 Å². The van der Waals surface area contributed by atoms with Crippen molar-refractivity contribution in [3.05, 3.63) is 0 Å². The van der Waals surface area contributed by atoms with E-state index in [2.05, 4.69) is 10.6 Å². The maximum absolute atomic E-state index is 11.5. The number of aliphatic carboxylic acids is 1. The molecule has 18 heavy (non-hydrogen) atoms. The van der Waals surface area contributed by atoms with Crippen LogP contribution in [0.1, 0.15) is 33.6 Å². The molecule has 0 aromatic heterocycles. The van der Waals surface area contributed by atoms with Crippen LogP contribution in [-0.2, 0) is 14.3 Å². The van der Waals surface area contributed by atoms with Gasteiger partial charge in [-0.05, 0) is 20.3 Å². The molecule has 0 aromatic carbocycles. The van der Waals surface area contributed by atoms with Crippen LogP contribution in [0.3, 0.4) is 0 Å². The summed E-state index contributed by atoms with van der Waals surface area (Å²) in [7, 11) is 0. The number of rotatable bonds is 7. The zero-order chi connectivity index (χ0) is 14.1. The first-order valence-corrected chi connectivity index (χ1v) is 5.86. The van der Waals surface area contributed by atoms with Gasteiger partial charge in [0.15, 0.2) is 0 Å². The molecule has 0 heterocycles. The molecule has 0 rings (SSSR count). The third-order valence-electron chi connectivity index (χ3n) is 2.24. The highest BCUT2D eigenvalue weighted by Gasteiger charge is 2.19. The van der Waals surface area contributed by atoms with E-state index in [0.29, 0.717) is 6.42 Å². The van der Waals surface area contributed by atoms with Crippen molar-refractivity contribution in [2.75, 3.05) is 6.61 Å². The van der Waals surface area contributed by atoms with Gasteiger partial charge >= 0.3 is 18.0 Å². The molecule has 0 bridgehead atoms. The summed E-state index contributed by atoms with van der Waals surface area (Å²) in [4.78, 5) is 33.3. The van der Waals surface area contributed by atoms with Gasteiger partial charge < -0.3 is 20.5 Å². The Kier molecular flexibility index (Phi) is 7.50. The predicted molar refractivity (Wildman–Crippen MR) is 64.1 cm³/mol. The van der Waals surface area contributed by atoms with Gasteiger partial charge in [0.1, 0.15) is 6.04 Å². The number of carboxylic acid groups (broad SMARTS) is 1. The third-order valence-corrected chi connectivity index (χ3v) is 2.24. The van der Waals surface area contributed by atoms with Crippen molar-refractivity contribution in [1.29, 1.82) is 0 Å².